The summed E-state index contributed by atoms with van der Waals surface area (Å²) in [6.07, 6.45) is 3.37. The van der Waals surface area contributed by atoms with E-state index in [9.17, 15) is 27.9 Å². The molecule has 1 aromatic carbocycles. The molecule has 0 spiro atoms. The van der Waals surface area contributed by atoms with Crippen LogP contribution in [0.25, 0.3) is 11.3 Å². The van der Waals surface area contributed by atoms with Gasteiger partial charge >= 0.3 is 0 Å². The summed E-state index contributed by atoms with van der Waals surface area (Å²) in [7, 11) is 0. The molecule has 2 fully saturated rings. The summed E-state index contributed by atoms with van der Waals surface area (Å²) in [5.74, 6) is -0.833. The molecule has 3 atom stereocenters. The smallest absolute Gasteiger partial charge is 0.276 e. The lowest BCUT2D eigenvalue weighted by Crippen LogP contribution is -2.30. The first kappa shape index (κ1) is 28.7. The fraction of sp³-hybridized carbons (Fsp3) is 0.321. The van der Waals surface area contributed by atoms with Crippen LogP contribution in [0.3, 0.4) is 0 Å². The molecule has 11 nitrogen and oxygen atoms in total. The van der Waals surface area contributed by atoms with Crippen LogP contribution >= 0.6 is 11.6 Å². The molecule has 4 aromatic rings. The lowest BCUT2D eigenvalue weighted by molar-refractivity contribution is -0.118. The van der Waals surface area contributed by atoms with Crippen molar-refractivity contribution in [2.24, 2.45) is 11.8 Å². The highest BCUT2D eigenvalue weighted by Crippen LogP contribution is 2.47. The number of rotatable bonds is 8. The third-order valence-electron chi connectivity index (χ3n) is 7.63. The molecule has 43 heavy (non-hydrogen) atoms. The van der Waals surface area contributed by atoms with Gasteiger partial charge in [0, 0.05) is 29.8 Å². The zero-order valence-corrected chi connectivity index (χ0v) is 23.6. The number of nitrogens with zero attached hydrogens (tertiary/aromatic N) is 7. The highest BCUT2D eigenvalue weighted by atomic mass is 35.5. The van der Waals surface area contributed by atoms with Gasteiger partial charge in [-0.3, -0.25) is 29.1 Å². The largest absolute Gasteiger partial charge is 0.390 e. The van der Waals surface area contributed by atoms with Gasteiger partial charge < -0.3 is 10.4 Å². The second-order valence-corrected chi connectivity index (χ2v) is 10.8. The number of halogens is 4. The second-order valence-electron chi connectivity index (χ2n) is 10.4. The van der Waals surface area contributed by atoms with Gasteiger partial charge in [-0.1, -0.05) is 17.7 Å². The Morgan fingerprint density at radius 3 is 2.67 bits per heavy atom. The number of benzene rings is 1. The maximum Gasteiger partial charge on any atom is 0.276 e. The summed E-state index contributed by atoms with van der Waals surface area (Å²) >= 11 is 5.82. The molecule has 2 aliphatic rings. The van der Waals surface area contributed by atoms with Gasteiger partial charge in [0.2, 0.25) is 5.91 Å². The molecular formula is C28H24ClF3N8O3. The van der Waals surface area contributed by atoms with E-state index in [-0.39, 0.29) is 28.9 Å². The monoisotopic (exact) mass is 612 g/mol. The summed E-state index contributed by atoms with van der Waals surface area (Å²) in [5.41, 5.74) is -0.730. The van der Waals surface area contributed by atoms with Crippen LogP contribution in [0.1, 0.15) is 58.9 Å². The molecule has 1 saturated heterocycles. The van der Waals surface area contributed by atoms with E-state index in [0.717, 1.165) is 24.8 Å². The number of carbonyl (C=O) groups is 2. The minimum Gasteiger partial charge on any atom is -0.390 e. The van der Waals surface area contributed by atoms with Gasteiger partial charge in [0.15, 0.2) is 17.3 Å². The summed E-state index contributed by atoms with van der Waals surface area (Å²) in [6, 6.07) is 1.57. The number of hydrogen-bond donors (Lipinski definition) is 2. The van der Waals surface area contributed by atoms with E-state index >= 15 is 0 Å². The molecule has 0 radical (unpaired) electrons. The highest BCUT2D eigenvalue weighted by Gasteiger charge is 2.53. The maximum absolute atomic E-state index is 14.8. The fourth-order valence-electron chi connectivity index (χ4n) is 5.21. The van der Waals surface area contributed by atoms with Crippen molar-refractivity contribution in [1.82, 2.24) is 29.7 Å². The minimum atomic E-state index is -3.05. The van der Waals surface area contributed by atoms with E-state index in [1.807, 2.05) is 6.92 Å². The van der Waals surface area contributed by atoms with E-state index in [1.54, 1.807) is 22.7 Å². The first-order valence-electron chi connectivity index (χ1n) is 13.3. The second kappa shape index (κ2) is 11.0. The van der Waals surface area contributed by atoms with Crippen LogP contribution in [0.15, 0.2) is 36.9 Å². The summed E-state index contributed by atoms with van der Waals surface area (Å²) in [5, 5.41) is 16.2. The van der Waals surface area contributed by atoms with E-state index in [1.165, 1.54) is 12.4 Å². The summed E-state index contributed by atoms with van der Waals surface area (Å²) < 4.78 is 43.6. The molecule has 2 amide bonds. The fourth-order valence-corrected chi connectivity index (χ4v) is 5.36. The third kappa shape index (κ3) is 5.20. The first-order valence-corrected chi connectivity index (χ1v) is 13.7. The quantitative estimate of drug-likeness (QED) is 0.296. The number of piperidine rings is 1. The topological polar surface area (TPSA) is 139 Å². The van der Waals surface area contributed by atoms with Gasteiger partial charge in [-0.25, -0.2) is 23.1 Å². The van der Waals surface area contributed by atoms with Crippen LogP contribution in [0.2, 0.25) is 5.02 Å². The first-order chi connectivity index (χ1) is 20.6. The summed E-state index contributed by atoms with van der Waals surface area (Å²) in [6.45, 7) is 3.59. The van der Waals surface area contributed by atoms with Gasteiger partial charge in [-0.2, -0.15) is 5.10 Å². The van der Waals surface area contributed by atoms with Crippen LogP contribution in [-0.2, 0) is 11.4 Å². The number of amides is 2. The zero-order valence-electron chi connectivity index (χ0n) is 22.8. The molecule has 4 heterocycles. The van der Waals surface area contributed by atoms with E-state index in [0.29, 0.717) is 29.7 Å². The number of anilines is 2. The van der Waals surface area contributed by atoms with Gasteiger partial charge in [-0.15, -0.1) is 0 Å². The van der Waals surface area contributed by atoms with Crippen molar-refractivity contribution in [3.63, 3.8) is 0 Å². The van der Waals surface area contributed by atoms with Gasteiger partial charge in [0.1, 0.15) is 0 Å². The van der Waals surface area contributed by atoms with Crippen molar-refractivity contribution in [2.45, 2.75) is 39.3 Å². The minimum absolute atomic E-state index is 0.0856. The van der Waals surface area contributed by atoms with Gasteiger partial charge in [0.25, 0.3) is 12.3 Å². The predicted octanol–water partition coefficient (Wildman–Crippen LogP) is 4.51. The Hall–Kier alpha value is -4.43. The van der Waals surface area contributed by atoms with Crippen molar-refractivity contribution >= 4 is 34.9 Å². The molecule has 15 heteroatoms. The number of aromatic nitrogens is 6. The lowest BCUT2D eigenvalue weighted by atomic mass is 10.0. The molecule has 2 N–H and O–H groups in total. The van der Waals surface area contributed by atoms with Crippen molar-refractivity contribution in [3.05, 3.63) is 76.1 Å². The van der Waals surface area contributed by atoms with Crippen LogP contribution < -0.4 is 10.2 Å². The number of aryl methyl sites for hydroxylation is 1. The molecule has 3 aromatic heterocycles. The van der Waals surface area contributed by atoms with Gasteiger partial charge in [-0.05, 0) is 32.3 Å². The Kier molecular flexibility index (Phi) is 7.34. The van der Waals surface area contributed by atoms with Gasteiger partial charge in [0.05, 0.1) is 64.7 Å². The number of nitrogens with one attached hydrogen (secondary N) is 1. The molecule has 1 saturated carbocycles. The van der Waals surface area contributed by atoms with Crippen LogP contribution in [0, 0.1) is 24.6 Å². The Labute approximate surface area is 247 Å². The number of aliphatic hydroxyl groups excluding tert-OH is 1. The standard InChI is InChI=1S/C28H24ClF3N8O3/c1-12-26(39-9-14-5-17(14)28(39)43)34-7-19(36-12)13(2)40-10-15(6-35-40)37-27(42)24-21(11-41)33-8-20(38-24)22-16(25(31)32)3-4-18(29)23(22)30/h3-4,6-8,10,13-14,17,25,41H,5,9,11H2,1-2H3,(H,37,42)/t13?,14-,17-/m1/s1. The van der Waals surface area contributed by atoms with Crippen LogP contribution in [0.5, 0.6) is 0 Å². The molecule has 0 bridgehead atoms. The van der Waals surface area contributed by atoms with Crippen molar-refractivity contribution in [2.75, 3.05) is 16.8 Å². The normalized spacial score (nSPS) is 18.2. The number of alkyl halides is 2. The molecule has 1 aliphatic heterocycles. The van der Waals surface area contributed by atoms with E-state index in [2.05, 4.69) is 30.4 Å². The Balaban J connectivity index is 1.22. The van der Waals surface area contributed by atoms with Crippen LogP contribution in [0.4, 0.5) is 24.7 Å². The van der Waals surface area contributed by atoms with Crippen molar-refractivity contribution < 1.29 is 27.9 Å². The van der Waals surface area contributed by atoms with Crippen LogP contribution in [-0.4, -0.2) is 53.2 Å². The Morgan fingerprint density at radius 2 is 2.00 bits per heavy atom. The highest BCUT2D eigenvalue weighted by molar-refractivity contribution is 6.31. The molecule has 6 rings (SSSR count). The van der Waals surface area contributed by atoms with Crippen molar-refractivity contribution in [1.29, 1.82) is 0 Å². The molecule has 222 valence electrons. The lowest BCUT2D eigenvalue weighted by Gasteiger charge is -2.20. The van der Waals surface area contributed by atoms with E-state index in [4.69, 9.17) is 11.6 Å². The SMILES string of the molecule is Cc1nc(C(C)n2cc(NC(=O)c3nc(-c4c(C(F)F)ccc(Cl)c4F)cnc3CO)cn2)cnc1N1C[C@H]2C[C@H]2C1=O. The Bertz CT molecular complexity index is 1770. The number of aliphatic hydroxyl groups is 1. The van der Waals surface area contributed by atoms with E-state index < -0.39 is 52.6 Å². The maximum atomic E-state index is 14.8. The molecule has 1 aliphatic carbocycles. The van der Waals surface area contributed by atoms with Crippen molar-refractivity contribution in [3.8, 4) is 11.3 Å². The Morgan fingerprint density at radius 1 is 1.21 bits per heavy atom. The zero-order chi connectivity index (χ0) is 30.6. The molecule has 1 unspecified atom stereocenters. The number of fused-ring (bicyclic) bond motifs is 1. The summed E-state index contributed by atoms with van der Waals surface area (Å²) in [4.78, 5) is 44.5. The average Bonchev–Trinajstić information content (AvgIpc) is 3.49. The molecular weight excluding hydrogens is 589 g/mol. The average molecular weight is 613 g/mol. The number of hydrogen-bond acceptors (Lipinski definition) is 8. The number of carbonyl (C=O) groups excluding carboxylic acids is 2. The third-order valence-corrected chi connectivity index (χ3v) is 7.93. The predicted molar refractivity (Wildman–Crippen MR) is 148 cm³/mol.